The summed E-state index contributed by atoms with van der Waals surface area (Å²) in [6.07, 6.45) is 0. The van der Waals surface area contributed by atoms with Gasteiger partial charge < -0.3 is 24.7 Å². The number of nitrogens with one attached hydrogen (secondary N) is 1. The van der Waals surface area contributed by atoms with Gasteiger partial charge in [0.05, 0.1) is 31.4 Å². The number of nitriles is 1. The molecule has 0 fully saturated rings. The van der Waals surface area contributed by atoms with Gasteiger partial charge in [-0.2, -0.15) is 5.26 Å². The molecule has 1 atom stereocenters. The van der Waals surface area contributed by atoms with Gasteiger partial charge >= 0.3 is 0 Å². The number of halogens is 1. The van der Waals surface area contributed by atoms with E-state index in [4.69, 9.17) is 24.7 Å². The van der Waals surface area contributed by atoms with E-state index in [2.05, 4.69) is 16.3 Å². The number of fused-ring (bicyclic) bond motifs is 1. The number of methoxy groups -OCH3 is 2. The SMILES string of the molecule is COc1ccc(-c2[nH]nc3c2C(c2ccc(OCc4ccc(F)cc4)c(OC)c2)C(C#N)=C(N)O3)cc1. The fraction of sp³-hybridized carbons (Fsp3) is 0.143. The van der Waals surface area contributed by atoms with Crippen LogP contribution in [0, 0.1) is 17.1 Å². The van der Waals surface area contributed by atoms with E-state index in [-0.39, 0.29) is 23.9 Å². The summed E-state index contributed by atoms with van der Waals surface area (Å²) in [6.45, 7) is 0.233. The molecule has 0 bridgehead atoms. The summed E-state index contributed by atoms with van der Waals surface area (Å²) in [5, 5.41) is 17.3. The molecule has 0 spiro atoms. The number of aromatic nitrogens is 2. The molecular weight excluding hydrogens is 475 g/mol. The third-order valence-corrected chi connectivity index (χ3v) is 6.15. The zero-order valence-corrected chi connectivity index (χ0v) is 20.1. The van der Waals surface area contributed by atoms with Crippen LogP contribution in [0.4, 0.5) is 4.39 Å². The molecule has 0 aliphatic carbocycles. The lowest BCUT2D eigenvalue weighted by Crippen LogP contribution is -2.21. The Morgan fingerprint density at radius 2 is 1.78 bits per heavy atom. The third kappa shape index (κ3) is 4.52. The molecule has 1 aliphatic rings. The molecule has 0 amide bonds. The lowest BCUT2D eigenvalue weighted by atomic mass is 9.83. The van der Waals surface area contributed by atoms with Gasteiger partial charge in [-0.25, -0.2) is 4.39 Å². The fourth-order valence-electron chi connectivity index (χ4n) is 4.28. The summed E-state index contributed by atoms with van der Waals surface area (Å²) < 4.78 is 35.7. The molecular formula is C28H23FN4O4. The molecule has 0 saturated heterocycles. The lowest BCUT2D eigenvalue weighted by molar-refractivity contribution is 0.284. The van der Waals surface area contributed by atoms with Crippen molar-refractivity contribution in [3.8, 4) is 40.5 Å². The van der Waals surface area contributed by atoms with E-state index in [1.807, 2.05) is 30.3 Å². The predicted molar refractivity (Wildman–Crippen MR) is 134 cm³/mol. The second-order valence-corrected chi connectivity index (χ2v) is 8.30. The molecule has 0 radical (unpaired) electrons. The number of ether oxygens (including phenoxy) is 4. The zero-order valence-electron chi connectivity index (χ0n) is 20.1. The predicted octanol–water partition coefficient (Wildman–Crippen LogP) is 5.03. The monoisotopic (exact) mass is 498 g/mol. The van der Waals surface area contributed by atoms with Crippen molar-refractivity contribution in [2.24, 2.45) is 5.73 Å². The molecule has 3 N–H and O–H groups in total. The molecule has 37 heavy (non-hydrogen) atoms. The normalized spacial score (nSPS) is 14.4. The van der Waals surface area contributed by atoms with Gasteiger partial charge in [-0.1, -0.05) is 18.2 Å². The van der Waals surface area contributed by atoms with Crippen LogP contribution in [0.3, 0.4) is 0 Å². The maximum absolute atomic E-state index is 13.2. The minimum atomic E-state index is -0.565. The van der Waals surface area contributed by atoms with Crippen LogP contribution in [0.1, 0.15) is 22.6 Å². The third-order valence-electron chi connectivity index (χ3n) is 6.15. The number of rotatable bonds is 7. The molecule has 4 aromatic rings. The first-order chi connectivity index (χ1) is 18.0. The van der Waals surface area contributed by atoms with Gasteiger partial charge in [-0.3, -0.25) is 5.10 Å². The lowest BCUT2D eigenvalue weighted by Gasteiger charge is -2.25. The Morgan fingerprint density at radius 1 is 1.03 bits per heavy atom. The highest BCUT2D eigenvalue weighted by Crippen LogP contribution is 2.47. The Hall–Kier alpha value is -4.97. The minimum Gasteiger partial charge on any atom is -0.497 e. The average molecular weight is 499 g/mol. The number of aromatic amines is 1. The molecule has 186 valence electrons. The van der Waals surface area contributed by atoms with Crippen molar-refractivity contribution in [2.75, 3.05) is 14.2 Å². The van der Waals surface area contributed by atoms with E-state index in [9.17, 15) is 9.65 Å². The van der Waals surface area contributed by atoms with Crippen molar-refractivity contribution < 1.29 is 23.3 Å². The first-order valence-corrected chi connectivity index (χ1v) is 11.4. The van der Waals surface area contributed by atoms with Crippen LogP contribution in [-0.2, 0) is 6.61 Å². The maximum atomic E-state index is 13.2. The summed E-state index contributed by atoms with van der Waals surface area (Å²) in [6, 6.07) is 21.2. The topological polar surface area (TPSA) is 115 Å². The average Bonchev–Trinajstić information content (AvgIpc) is 3.35. The Bertz CT molecular complexity index is 1500. The molecule has 3 aromatic carbocycles. The van der Waals surface area contributed by atoms with Gasteiger partial charge in [-0.05, 0) is 59.7 Å². The molecule has 8 nitrogen and oxygen atoms in total. The van der Waals surface area contributed by atoms with Crippen LogP contribution in [0.5, 0.6) is 23.1 Å². The molecule has 1 unspecified atom stereocenters. The van der Waals surface area contributed by atoms with E-state index in [1.54, 1.807) is 31.4 Å². The zero-order chi connectivity index (χ0) is 25.9. The molecule has 1 aromatic heterocycles. The van der Waals surface area contributed by atoms with Crippen LogP contribution in [0.15, 0.2) is 78.2 Å². The maximum Gasteiger partial charge on any atom is 0.244 e. The number of hydrogen-bond donors (Lipinski definition) is 2. The first-order valence-electron chi connectivity index (χ1n) is 11.4. The van der Waals surface area contributed by atoms with E-state index >= 15 is 0 Å². The summed E-state index contributed by atoms with van der Waals surface area (Å²) >= 11 is 0. The second-order valence-electron chi connectivity index (χ2n) is 8.30. The number of nitrogens with zero attached hydrogens (tertiary/aromatic N) is 2. The second kappa shape index (κ2) is 9.95. The summed E-state index contributed by atoms with van der Waals surface area (Å²) in [7, 11) is 3.14. The summed E-state index contributed by atoms with van der Waals surface area (Å²) in [5.74, 6) is 1.10. The van der Waals surface area contributed by atoms with Crippen molar-refractivity contribution in [3.63, 3.8) is 0 Å². The number of H-pyrrole nitrogens is 1. The number of nitrogens with two attached hydrogens (primary N) is 1. The van der Waals surface area contributed by atoms with Crippen LogP contribution >= 0.6 is 0 Å². The van der Waals surface area contributed by atoms with Crippen molar-refractivity contribution in [1.82, 2.24) is 10.2 Å². The number of allylic oxidation sites excluding steroid dienone is 1. The van der Waals surface area contributed by atoms with Crippen molar-refractivity contribution in [1.29, 1.82) is 5.26 Å². The minimum absolute atomic E-state index is 0.0108. The van der Waals surface area contributed by atoms with Gasteiger partial charge in [0, 0.05) is 5.56 Å². The molecule has 9 heteroatoms. The van der Waals surface area contributed by atoms with E-state index in [0.29, 0.717) is 34.4 Å². The van der Waals surface area contributed by atoms with Gasteiger partial charge in [0.25, 0.3) is 0 Å². The largest absolute Gasteiger partial charge is 0.497 e. The van der Waals surface area contributed by atoms with Gasteiger partial charge in [-0.15, -0.1) is 5.10 Å². The quantitative estimate of drug-likeness (QED) is 0.367. The highest BCUT2D eigenvalue weighted by molar-refractivity contribution is 5.71. The Labute approximate surface area is 212 Å². The van der Waals surface area contributed by atoms with Crippen LogP contribution < -0.4 is 24.7 Å². The number of hydrogen-bond acceptors (Lipinski definition) is 7. The van der Waals surface area contributed by atoms with E-state index < -0.39 is 5.92 Å². The van der Waals surface area contributed by atoms with Crippen molar-refractivity contribution in [3.05, 3.63) is 101 Å². The van der Waals surface area contributed by atoms with E-state index in [1.165, 1.54) is 19.2 Å². The van der Waals surface area contributed by atoms with E-state index in [0.717, 1.165) is 16.7 Å². The Morgan fingerprint density at radius 3 is 2.46 bits per heavy atom. The smallest absolute Gasteiger partial charge is 0.244 e. The van der Waals surface area contributed by atoms with Crippen molar-refractivity contribution >= 4 is 0 Å². The van der Waals surface area contributed by atoms with Gasteiger partial charge in [0.1, 0.15) is 29.8 Å². The molecule has 5 rings (SSSR count). The Kier molecular flexibility index (Phi) is 6.39. The Balaban J connectivity index is 1.53. The van der Waals surface area contributed by atoms with Crippen LogP contribution in [-0.4, -0.2) is 24.4 Å². The van der Waals surface area contributed by atoms with Crippen LogP contribution in [0.25, 0.3) is 11.3 Å². The first kappa shape index (κ1) is 23.8. The van der Waals surface area contributed by atoms with Crippen LogP contribution in [0.2, 0.25) is 0 Å². The fourth-order valence-corrected chi connectivity index (χ4v) is 4.28. The number of benzene rings is 3. The molecule has 0 saturated carbocycles. The standard InChI is InChI=1S/C28H23FN4O4/c1-34-20-10-5-17(6-11-20)26-25-24(21(14-30)27(31)37-28(25)33-32-26)18-7-12-22(23(13-18)35-2)36-15-16-3-8-19(29)9-4-16/h3-13,24H,15,31H2,1-2H3,(H,32,33). The highest BCUT2D eigenvalue weighted by Gasteiger charge is 2.36. The summed E-state index contributed by atoms with van der Waals surface area (Å²) in [4.78, 5) is 0. The van der Waals surface area contributed by atoms with Gasteiger partial charge in [0.2, 0.25) is 11.8 Å². The van der Waals surface area contributed by atoms with Crippen molar-refractivity contribution in [2.45, 2.75) is 12.5 Å². The molecule has 2 heterocycles. The molecule has 1 aliphatic heterocycles. The highest BCUT2D eigenvalue weighted by atomic mass is 19.1. The summed E-state index contributed by atoms with van der Waals surface area (Å²) in [5.41, 5.74) is 10.1. The van der Waals surface area contributed by atoms with Gasteiger partial charge in [0.15, 0.2) is 11.5 Å².